The molecule has 0 N–H and O–H groups in total. The first-order valence-corrected chi connectivity index (χ1v) is 9.20. The van der Waals surface area contributed by atoms with Crippen molar-refractivity contribution in [2.75, 3.05) is 19.6 Å². The fourth-order valence-corrected chi connectivity index (χ4v) is 4.24. The van der Waals surface area contributed by atoms with E-state index in [2.05, 4.69) is 14.9 Å². The molecule has 1 aromatic heterocycles. The van der Waals surface area contributed by atoms with E-state index in [0.29, 0.717) is 18.5 Å². The van der Waals surface area contributed by atoms with E-state index in [1.165, 1.54) is 18.5 Å². The van der Waals surface area contributed by atoms with Gasteiger partial charge < -0.3 is 4.90 Å². The maximum Gasteiger partial charge on any atom is 0.223 e. The van der Waals surface area contributed by atoms with Crippen LogP contribution in [0.5, 0.6) is 0 Å². The van der Waals surface area contributed by atoms with Gasteiger partial charge in [-0.1, -0.05) is 0 Å². The van der Waals surface area contributed by atoms with Crippen LogP contribution in [0.2, 0.25) is 0 Å². The van der Waals surface area contributed by atoms with E-state index in [4.69, 9.17) is 0 Å². The van der Waals surface area contributed by atoms with E-state index in [1.54, 1.807) is 4.90 Å². The van der Waals surface area contributed by atoms with Crippen molar-refractivity contribution in [2.24, 2.45) is 5.41 Å². The standard InChI is InChI=1S/C20H22F2N4O/c21-17-5-15(6-18(22)7-17)12-26-13-20(8-19(26)27)1-3-25(4-2-20)11-16-9-23-14-24-10-16/h5-7,9-10,14H,1-4,8,11-13H2. The Kier molecular flexibility index (Phi) is 4.86. The Morgan fingerprint density at radius 1 is 0.963 bits per heavy atom. The van der Waals surface area contributed by atoms with Crippen molar-refractivity contribution in [2.45, 2.75) is 32.4 Å². The predicted molar refractivity (Wildman–Crippen MR) is 95.4 cm³/mol. The number of hydrogen-bond donors (Lipinski definition) is 0. The highest BCUT2D eigenvalue weighted by molar-refractivity contribution is 5.79. The molecule has 0 saturated carbocycles. The summed E-state index contributed by atoms with van der Waals surface area (Å²) in [7, 11) is 0. The lowest BCUT2D eigenvalue weighted by molar-refractivity contribution is -0.128. The lowest BCUT2D eigenvalue weighted by atomic mass is 9.77. The van der Waals surface area contributed by atoms with Crippen molar-refractivity contribution in [3.05, 3.63) is 59.7 Å². The van der Waals surface area contributed by atoms with Gasteiger partial charge in [0, 0.05) is 50.1 Å². The third kappa shape index (κ3) is 4.13. The number of benzene rings is 1. The average molecular weight is 372 g/mol. The molecule has 0 unspecified atom stereocenters. The number of hydrogen-bond acceptors (Lipinski definition) is 4. The van der Waals surface area contributed by atoms with Gasteiger partial charge in [0.1, 0.15) is 18.0 Å². The molecule has 0 atom stereocenters. The number of amides is 1. The smallest absolute Gasteiger partial charge is 0.223 e. The number of carbonyl (C=O) groups is 1. The second-order valence-electron chi connectivity index (χ2n) is 7.73. The first kappa shape index (κ1) is 18.0. The van der Waals surface area contributed by atoms with Gasteiger partial charge in [-0.2, -0.15) is 0 Å². The summed E-state index contributed by atoms with van der Waals surface area (Å²) < 4.78 is 26.8. The maximum absolute atomic E-state index is 13.4. The Balaban J connectivity index is 1.36. The van der Waals surface area contributed by atoms with E-state index < -0.39 is 11.6 Å². The largest absolute Gasteiger partial charge is 0.338 e. The summed E-state index contributed by atoms with van der Waals surface area (Å²) in [5, 5.41) is 0. The van der Waals surface area contributed by atoms with Crippen LogP contribution in [0.4, 0.5) is 8.78 Å². The maximum atomic E-state index is 13.4. The van der Waals surface area contributed by atoms with Crippen LogP contribution < -0.4 is 0 Å². The average Bonchev–Trinajstić information content (AvgIpc) is 2.92. The molecule has 2 aromatic rings. The molecule has 2 saturated heterocycles. The predicted octanol–water partition coefficient (Wildman–Crippen LogP) is 2.77. The quantitative estimate of drug-likeness (QED) is 0.828. The van der Waals surface area contributed by atoms with Crippen LogP contribution >= 0.6 is 0 Å². The lowest BCUT2D eigenvalue weighted by Gasteiger charge is -2.38. The van der Waals surface area contributed by atoms with Crippen molar-refractivity contribution in [1.82, 2.24) is 19.8 Å². The highest BCUT2D eigenvalue weighted by Crippen LogP contribution is 2.41. The minimum atomic E-state index is -0.607. The summed E-state index contributed by atoms with van der Waals surface area (Å²) in [6.45, 7) is 3.58. The van der Waals surface area contributed by atoms with Gasteiger partial charge in [0.15, 0.2) is 0 Å². The zero-order valence-corrected chi connectivity index (χ0v) is 15.1. The van der Waals surface area contributed by atoms with Crippen molar-refractivity contribution < 1.29 is 13.6 Å². The van der Waals surface area contributed by atoms with Gasteiger partial charge in [0.05, 0.1) is 0 Å². The van der Waals surface area contributed by atoms with Crippen LogP contribution in [0.3, 0.4) is 0 Å². The Morgan fingerprint density at radius 3 is 2.30 bits per heavy atom. The molecular weight excluding hydrogens is 350 g/mol. The molecular formula is C20H22F2N4O. The van der Waals surface area contributed by atoms with Crippen molar-refractivity contribution in [1.29, 1.82) is 0 Å². The fourth-order valence-electron chi connectivity index (χ4n) is 4.24. The summed E-state index contributed by atoms with van der Waals surface area (Å²) in [6, 6.07) is 3.45. The second kappa shape index (κ2) is 7.31. The van der Waals surface area contributed by atoms with Crippen LogP contribution in [0.25, 0.3) is 0 Å². The van der Waals surface area contributed by atoms with E-state index in [-0.39, 0.29) is 17.9 Å². The van der Waals surface area contributed by atoms with E-state index >= 15 is 0 Å². The molecule has 0 bridgehead atoms. The molecule has 0 aliphatic carbocycles. The molecule has 0 radical (unpaired) electrons. The number of likely N-dealkylation sites (tertiary alicyclic amines) is 2. The van der Waals surface area contributed by atoms with Crippen molar-refractivity contribution in [3.8, 4) is 0 Å². The molecule has 2 aliphatic heterocycles. The Hall–Kier alpha value is -2.41. The highest BCUT2D eigenvalue weighted by Gasteiger charge is 2.44. The van der Waals surface area contributed by atoms with Crippen LogP contribution in [0, 0.1) is 17.0 Å². The Labute approximate surface area is 157 Å². The van der Waals surface area contributed by atoms with E-state index in [9.17, 15) is 13.6 Å². The Bertz CT molecular complexity index is 802. The molecule has 2 aliphatic rings. The number of piperidine rings is 1. The highest BCUT2D eigenvalue weighted by atomic mass is 19.1. The summed E-state index contributed by atoms with van der Waals surface area (Å²) >= 11 is 0. The molecule has 1 amide bonds. The van der Waals surface area contributed by atoms with Crippen LogP contribution in [-0.4, -0.2) is 45.3 Å². The molecule has 1 aromatic carbocycles. The molecule has 2 fully saturated rings. The third-order valence-electron chi connectivity index (χ3n) is 5.64. The van der Waals surface area contributed by atoms with Gasteiger partial charge in [0.2, 0.25) is 5.91 Å². The minimum Gasteiger partial charge on any atom is -0.338 e. The first-order chi connectivity index (χ1) is 13.0. The Morgan fingerprint density at radius 2 is 1.63 bits per heavy atom. The van der Waals surface area contributed by atoms with Gasteiger partial charge >= 0.3 is 0 Å². The molecule has 1 spiro atoms. The number of aromatic nitrogens is 2. The summed E-state index contributed by atoms with van der Waals surface area (Å²) in [6.07, 6.45) is 7.60. The molecule has 27 heavy (non-hydrogen) atoms. The van der Waals surface area contributed by atoms with Gasteiger partial charge in [0.25, 0.3) is 0 Å². The van der Waals surface area contributed by atoms with Gasteiger partial charge in [-0.25, -0.2) is 18.7 Å². The van der Waals surface area contributed by atoms with E-state index in [1.807, 2.05) is 12.4 Å². The summed E-state index contributed by atoms with van der Waals surface area (Å²) in [4.78, 5) is 24.7. The summed E-state index contributed by atoms with van der Waals surface area (Å²) in [5.74, 6) is -1.14. The van der Waals surface area contributed by atoms with Gasteiger partial charge in [-0.15, -0.1) is 0 Å². The van der Waals surface area contributed by atoms with Crippen LogP contribution in [-0.2, 0) is 17.9 Å². The normalized spacial score (nSPS) is 19.8. The molecule has 3 heterocycles. The van der Waals surface area contributed by atoms with Crippen molar-refractivity contribution >= 4 is 5.91 Å². The molecule has 4 rings (SSSR count). The number of nitrogens with zero attached hydrogens (tertiary/aromatic N) is 4. The van der Waals surface area contributed by atoms with Gasteiger partial charge in [-0.05, 0) is 49.0 Å². The SMILES string of the molecule is O=C1CC2(CCN(Cc3cncnc3)CC2)CN1Cc1cc(F)cc(F)c1. The monoisotopic (exact) mass is 372 g/mol. The topological polar surface area (TPSA) is 49.3 Å². The first-order valence-electron chi connectivity index (χ1n) is 9.20. The number of rotatable bonds is 4. The van der Waals surface area contributed by atoms with E-state index in [0.717, 1.165) is 44.1 Å². The molecule has 7 heteroatoms. The van der Waals surface area contributed by atoms with Crippen molar-refractivity contribution in [3.63, 3.8) is 0 Å². The van der Waals surface area contributed by atoms with Gasteiger partial charge in [-0.3, -0.25) is 9.69 Å². The third-order valence-corrected chi connectivity index (χ3v) is 5.64. The second-order valence-corrected chi connectivity index (χ2v) is 7.73. The number of carbonyl (C=O) groups excluding carboxylic acids is 1. The zero-order chi connectivity index (χ0) is 18.9. The minimum absolute atomic E-state index is 0.0212. The lowest BCUT2D eigenvalue weighted by Crippen LogP contribution is -2.41. The van der Waals surface area contributed by atoms with Crippen LogP contribution in [0.1, 0.15) is 30.4 Å². The molecule has 142 valence electrons. The molecule has 5 nitrogen and oxygen atoms in total. The number of halogens is 2. The van der Waals surface area contributed by atoms with Crippen LogP contribution in [0.15, 0.2) is 36.9 Å². The fraction of sp³-hybridized carbons (Fsp3) is 0.450. The summed E-state index contributed by atoms with van der Waals surface area (Å²) in [5.41, 5.74) is 1.57. The zero-order valence-electron chi connectivity index (χ0n) is 15.1.